The van der Waals surface area contributed by atoms with Crippen LogP contribution in [-0.2, 0) is 31.6 Å². The van der Waals surface area contributed by atoms with Gasteiger partial charge in [0, 0.05) is 6.54 Å². The molecule has 0 aliphatic carbocycles. The van der Waals surface area contributed by atoms with Gasteiger partial charge < -0.3 is 39.8 Å². The van der Waals surface area contributed by atoms with Crippen molar-refractivity contribution >= 4 is 40.4 Å². The number of phosphoric ester groups is 1. The molecule has 2 aromatic heterocycles. The zero-order valence-electron chi connectivity index (χ0n) is 18.6. The van der Waals surface area contributed by atoms with Crippen LogP contribution in [0.15, 0.2) is 24.3 Å². The maximum atomic E-state index is 11.9. The Morgan fingerprint density at radius 1 is 1.08 bits per heavy atom. The van der Waals surface area contributed by atoms with Crippen LogP contribution in [0.5, 0.6) is 0 Å². The number of aliphatic hydroxyl groups is 2. The van der Waals surface area contributed by atoms with Gasteiger partial charge in [-0.25, -0.2) is 28.6 Å². The summed E-state index contributed by atoms with van der Waals surface area (Å²) in [5.41, 5.74) is 1.65. The van der Waals surface area contributed by atoms with Crippen LogP contribution in [0, 0.1) is 0 Å². The van der Waals surface area contributed by atoms with Crippen molar-refractivity contribution in [1.29, 1.82) is 0 Å². The van der Waals surface area contributed by atoms with Gasteiger partial charge in [0.25, 0.3) is 0 Å². The number of ether oxygens (including phenoxy) is 1. The van der Waals surface area contributed by atoms with Gasteiger partial charge in [0.2, 0.25) is 0 Å². The minimum atomic E-state index is -5.71. The van der Waals surface area contributed by atoms with Crippen LogP contribution in [0.25, 0.3) is 11.2 Å². The molecule has 3 rings (SSSR count). The van der Waals surface area contributed by atoms with Gasteiger partial charge in [-0.05, 0) is 13.8 Å². The average Bonchev–Trinajstić information content (AvgIpc) is 3.26. The van der Waals surface area contributed by atoms with Crippen molar-refractivity contribution in [2.75, 3.05) is 18.5 Å². The molecule has 0 saturated carbocycles. The first kappa shape index (κ1) is 28.9. The van der Waals surface area contributed by atoms with Crippen LogP contribution in [0.3, 0.4) is 0 Å². The van der Waals surface area contributed by atoms with Gasteiger partial charge in [-0.2, -0.15) is 8.62 Å². The normalized spacial score (nSPS) is 25.9. The molecule has 18 nitrogen and oxygen atoms in total. The standard InChI is InChI=1S/C15H24N5O13P3/c1-8(2)3-4-16-13-10-14(18-6-17-13)20(7-19-10)15-12(22)11(21)9(31-15)5-30-35(26,27)33-36(28,29)32-34(23,24)25/h3,6-7,9,11-12,15,21-22H,4-5H2,1-2H3,(H,26,27)(H,28,29)(H,16,17,18)(H2,23,24,25)/t9-,11+,12+,15-/m1/s1. The lowest BCUT2D eigenvalue weighted by molar-refractivity contribution is -0.0503. The van der Waals surface area contributed by atoms with Crippen LogP contribution in [-0.4, -0.2) is 80.8 Å². The molecule has 0 spiro atoms. The number of hydrogen-bond donors (Lipinski definition) is 7. The van der Waals surface area contributed by atoms with Crippen molar-refractivity contribution in [3.8, 4) is 0 Å². The van der Waals surface area contributed by atoms with E-state index in [2.05, 4.69) is 33.4 Å². The van der Waals surface area contributed by atoms with Gasteiger partial charge in [0.15, 0.2) is 23.2 Å². The minimum absolute atomic E-state index is 0.231. The highest BCUT2D eigenvalue weighted by Crippen LogP contribution is 2.66. The Morgan fingerprint density at radius 3 is 2.42 bits per heavy atom. The second-order valence-electron chi connectivity index (χ2n) is 7.64. The van der Waals surface area contributed by atoms with E-state index in [4.69, 9.17) is 14.5 Å². The Bertz CT molecular complexity index is 1260. The molecule has 21 heteroatoms. The number of aromatic nitrogens is 4. The monoisotopic (exact) mass is 575 g/mol. The quantitative estimate of drug-likeness (QED) is 0.139. The number of rotatable bonds is 11. The maximum Gasteiger partial charge on any atom is 0.490 e. The van der Waals surface area contributed by atoms with E-state index in [1.165, 1.54) is 17.2 Å². The molecule has 2 aromatic rings. The number of anilines is 1. The summed E-state index contributed by atoms with van der Waals surface area (Å²) in [6.45, 7) is 3.37. The van der Waals surface area contributed by atoms with Crippen molar-refractivity contribution in [2.45, 2.75) is 38.4 Å². The Hall–Kier alpha value is -1.62. The Kier molecular flexibility index (Phi) is 8.85. The molecule has 202 valence electrons. The fourth-order valence-electron chi connectivity index (χ4n) is 3.09. The molecule has 7 N–H and O–H groups in total. The zero-order chi connectivity index (χ0) is 26.9. The molecule has 0 radical (unpaired) electrons. The Labute approximate surface area is 203 Å². The number of nitrogens with one attached hydrogen (secondary N) is 1. The highest BCUT2D eigenvalue weighted by Gasteiger charge is 2.47. The fraction of sp³-hybridized carbons (Fsp3) is 0.533. The largest absolute Gasteiger partial charge is 0.490 e. The van der Waals surface area contributed by atoms with Gasteiger partial charge >= 0.3 is 23.5 Å². The lowest BCUT2D eigenvalue weighted by atomic mass is 10.1. The van der Waals surface area contributed by atoms with E-state index in [0.29, 0.717) is 17.9 Å². The minimum Gasteiger partial charge on any atom is -0.387 e. The fourth-order valence-corrected chi connectivity index (χ4v) is 6.12. The predicted octanol–water partition coefficient (Wildman–Crippen LogP) is 0.167. The van der Waals surface area contributed by atoms with Gasteiger partial charge in [-0.3, -0.25) is 9.09 Å². The smallest absolute Gasteiger partial charge is 0.387 e. The molecule has 36 heavy (non-hydrogen) atoms. The molecule has 0 bridgehead atoms. The topological polar surface area (TPSA) is 265 Å². The van der Waals surface area contributed by atoms with Gasteiger partial charge in [-0.1, -0.05) is 11.6 Å². The maximum absolute atomic E-state index is 11.9. The van der Waals surface area contributed by atoms with E-state index in [0.717, 1.165) is 5.57 Å². The molecular weight excluding hydrogens is 551 g/mol. The van der Waals surface area contributed by atoms with E-state index < -0.39 is 54.6 Å². The summed E-state index contributed by atoms with van der Waals surface area (Å²) < 4.78 is 52.6. The summed E-state index contributed by atoms with van der Waals surface area (Å²) in [4.78, 5) is 48.3. The molecule has 2 unspecified atom stereocenters. The van der Waals surface area contributed by atoms with E-state index >= 15 is 0 Å². The number of phosphoric acid groups is 3. The molecular formula is C15H24N5O13P3. The van der Waals surface area contributed by atoms with Crippen LogP contribution in [0.1, 0.15) is 20.1 Å². The lowest BCUT2D eigenvalue weighted by Crippen LogP contribution is -2.33. The Morgan fingerprint density at radius 2 is 1.78 bits per heavy atom. The number of aliphatic hydroxyl groups excluding tert-OH is 2. The number of hydrogen-bond acceptors (Lipinski definition) is 13. The second-order valence-corrected chi connectivity index (χ2v) is 12.1. The molecule has 0 amide bonds. The Balaban J connectivity index is 1.71. The summed E-state index contributed by atoms with van der Waals surface area (Å²) in [6.07, 6.45) is -1.55. The highest BCUT2D eigenvalue weighted by atomic mass is 31.3. The summed E-state index contributed by atoms with van der Waals surface area (Å²) in [6, 6.07) is 0. The molecule has 1 fully saturated rings. The van der Waals surface area contributed by atoms with E-state index in [9.17, 15) is 33.7 Å². The first-order chi connectivity index (χ1) is 16.6. The summed E-state index contributed by atoms with van der Waals surface area (Å²) in [7, 11) is -16.7. The van der Waals surface area contributed by atoms with Gasteiger partial charge in [0.05, 0.1) is 12.9 Å². The first-order valence-corrected chi connectivity index (χ1v) is 14.5. The summed E-state index contributed by atoms with van der Waals surface area (Å²) in [5, 5.41) is 23.9. The highest BCUT2D eigenvalue weighted by molar-refractivity contribution is 7.66. The van der Waals surface area contributed by atoms with Crippen LogP contribution >= 0.6 is 23.5 Å². The first-order valence-electron chi connectivity index (χ1n) is 9.93. The molecule has 1 aliphatic rings. The molecule has 6 atom stereocenters. The van der Waals surface area contributed by atoms with Crippen molar-refractivity contribution in [3.05, 3.63) is 24.3 Å². The molecule has 0 aromatic carbocycles. The second kappa shape index (κ2) is 11.0. The SMILES string of the molecule is CC(C)=CCNc1ncnc2c1ncn2[C@@H]1O[C@H](COP(=O)(O)OP(=O)(O)OP(=O)(O)O)[C@H](O)[C@@H]1O. The third-order valence-electron chi connectivity index (χ3n) is 4.57. The van der Waals surface area contributed by atoms with Crippen molar-refractivity contribution < 1.29 is 61.4 Å². The number of fused-ring (bicyclic) bond motifs is 1. The van der Waals surface area contributed by atoms with Crippen molar-refractivity contribution in [1.82, 2.24) is 19.5 Å². The molecule has 3 heterocycles. The summed E-state index contributed by atoms with van der Waals surface area (Å²) in [5.74, 6) is 0.397. The lowest BCUT2D eigenvalue weighted by Gasteiger charge is -2.19. The number of allylic oxidation sites excluding steroid dienone is 1. The van der Waals surface area contributed by atoms with E-state index in [1.807, 2.05) is 19.9 Å². The molecule has 1 saturated heterocycles. The predicted molar refractivity (Wildman–Crippen MR) is 119 cm³/mol. The summed E-state index contributed by atoms with van der Waals surface area (Å²) >= 11 is 0. The average molecular weight is 575 g/mol. The van der Waals surface area contributed by atoms with Crippen LogP contribution in [0.2, 0.25) is 0 Å². The number of imidazole rings is 1. The molecule has 1 aliphatic heterocycles. The zero-order valence-corrected chi connectivity index (χ0v) is 21.3. The van der Waals surface area contributed by atoms with Crippen molar-refractivity contribution in [3.63, 3.8) is 0 Å². The third-order valence-corrected chi connectivity index (χ3v) is 8.37. The van der Waals surface area contributed by atoms with Crippen LogP contribution < -0.4 is 5.32 Å². The third kappa shape index (κ3) is 7.46. The van der Waals surface area contributed by atoms with Gasteiger partial charge in [0.1, 0.15) is 24.6 Å². The van der Waals surface area contributed by atoms with Gasteiger partial charge in [-0.15, -0.1) is 0 Å². The van der Waals surface area contributed by atoms with Crippen LogP contribution in [0.4, 0.5) is 5.82 Å². The number of nitrogens with zero attached hydrogens (tertiary/aromatic N) is 4. The van der Waals surface area contributed by atoms with E-state index in [1.54, 1.807) is 0 Å². The van der Waals surface area contributed by atoms with E-state index in [-0.39, 0.29) is 5.65 Å². The van der Waals surface area contributed by atoms with Crippen molar-refractivity contribution in [2.24, 2.45) is 0 Å².